The van der Waals surface area contributed by atoms with Crippen LogP contribution in [0.3, 0.4) is 0 Å². The molecule has 0 aliphatic heterocycles. The molecule has 2 aromatic rings. The Morgan fingerprint density at radius 1 is 1.06 bits per heavy atom. The lowest BCUT2D eigenvalue weighted by molar-refractivity contribution is -0.131. The van der Waals surface area contributed by atoms with Gasteiger partial charge in [0.1, 0.15) is 0 Å². The Balaban J connectivity index is 2.59. The zero-order chi connectivity index (χ0) is 13.1. The Bertz CT molecular complexity index is 654. The van der Waals surface area contributed by atoms with Crippen molar-refractivity contribution in [1.29, 1.82) is 0 Å². The van der Waals surface area contributed by atoms with E-state index in [1.165, 1.54) is 0 Å². The lowest BCUT2D eigenvalue weighted by Gasteiger charge is -2.07. The van der Waals surface area contributed by atoms with Crippen LogP contribution in [0.5, 0.6) is 0 Å². The zero-order valence-corrected chi connectivity index (χ0v) is 9.88. The van der Waals surface area contributed by atoms with Crippen LogP contribution < -0.4 is 0 Å². The van der Waals surface area contributed by atoms with E-state index < -0.39 is 5.97 Å². The second kappa shape index (κ2) is 4.84. The van der Waals surface area contributed by atoms with Crippen molar-refractivity contribution in [2.45, 2.75) is 6.92 Å². The van der Waals surface area contributed by atoms with Gasteiger partial charge in [-0.2, -0.15) is 0 Å². The molecular weight excluding hydrogens is 228 g/mol. The number of benzene rings is 2. The fraction of sp³-hybridized carbons (Fsp3) is 0.0667. The molecule has 0 unspecified atom stereocenters. The number of aryl methyl sites for hydroxylation is 1. The summed E-state index contributed by atoms with van der Waals surface area (Å²) >= 11 is 0. The van der Waals surface area contributed by atoms with Crippen LogP contribution in [-0.4, -0.2) is 16.9 Å². The first kappa shape index (κ1) is 12.0. The number of carbonyl (C=O) groups excluding carboxylic acids is 1. The summed E-state index contributed by atoms with van der Waals surface area (Å²) in [6.07, 6.45) is 1.96. The van der Waals surface area contributed by atoms with Crippen LogP contribution in [0, 0.1) is 6.92 Å². The van der Waals surface area contributed by atoms with Crippen molar-refractivity contribution in [2.75, 3.05) is 0 Å². The summed E-state index contributed by atoms with van der Waals surface area (Å²) in [5.41, 5.74) is 1.40. The van der Waals surface area contributed by atoms with Gasteiger partial charge >= 0.3 is 5.97 Å². The molecule has 0 atom stereocenters. The van der Waals surface area contributed by atoms with E-state index in [4.69, 9.17) is 5.11 Å². The Labute approximate surface area is 104 Å². The molecule has 18 heavy (non-hydrogen) atoms. The molecule has 0 bridgehead atoms. The third kappa shape index (κ3) is 2.30. The summed E-state index contributed by atoms with van der Waals surface area (Å²) in [6.45, 7) is 1.84. The Morgan fingerprint density at radius 2 is 1.78 bits per heavy atom. The predicted molar refractivity (Wildman–Crippen MR) is 69.8 cm³/mol. The van der Waals surface area contributed by atoms with Gasteiger partial charge in [0.05, 0.1) is 0 Å². The minimum Gasteiger partial charge on any atom is -0.478 e. The van der Waals surface area contributed by atoms with Crippen molar-refractivity contribution in [3.05, 3.63) is 59.7 Å². The fourth-order valence-electron chi connectivity index (χ4n) is 1.94. The molecule has 2 aromatic carbocycles. The fourth-order valence-corrected chi connectivity index (χ4v) is 1.94. The average molecular weight is 240 g/mol. The van der Waals surface area contributed by atoms with Gasteiger partial charge in [-0.15, -0.1) is 0 Å². The van der Waals surface area contributed by atoms with Gasteiger partial charge in [-0.3, -0.25) is 4.79 Å². The van der Waals surface area contributed by atoms with Gasteiger partial charge in [0.25, 0.3) is 0 Å². The summed E-state index contributed by atoms with van der Waals surface area (Å²) in [7, 11) is 0. The normalized spacial score (nSPS) is 10.9. The maximum Gasteiger partial charge on any atom is 0.328 e. The molecule has 3 heteroatoms. The number of ketones is 1. The van der Waals surface area contributed by atoms with E-state index in [-0.39, 0.29) is 5.78 Å². The van der Waals surface area contributed by atoms with Crippen molar-refractivity contribution in [3.8, 4) is 0 Å². The van der Waals surface area contributed by atoms with E-state index in [0.29, 0.717) is 5.56 Å². The topological polar surface area (TPSA) is 54.4 Å². The summed E-state index contributed by atoms with van der Waals surface area (Å²) in [6, 6.07) is 11.4. The minimum absolute atomic E-state index is 0.285. The van der Waals surface area contributed by atoms with Crippen molar-refractivity contribution in [1.82, 2.24) is 0 Å². The largest absolute Gasteiger partial charge is 0.478 e. The number of carbonyl (C=O) groups is 2. The third-order valence-corrected chi connectivity index (χ3v) is 2.76. The van der Waals surface area contributed by atoms with E-state index in [9.17, 15) is 9.59 Å². The van der Waals surface area contributed by atoms with Gasteiger partial charge in [-0.1, -0.05) is 36.4 Å². The van der Waals surface area contributed by atoms with Crippen LogP contribution in [0.25, 0.3) is 10.8 Å². The average Bonchev–Trinajstić information content (AvgIpc) is 2.36. The molecule has 0 saturated carbocycles. The minimum atomic E-state index is -1.12. The van der Waals surface area contributed by atoms with Gasteiger partial charge in [0.2, 0.25) is 0 Å². The molecule has 0 aromatic heterocycles. The Hall–Kier alpha value is -2.42. The molecule has 0 aliphatic carbocycles. The predicted octanol–water partition coefficient (Wildman–Crippen LogP) is 2.97. The second-order valence-electron chi connectivity index (χ2n) is 4.01. The molecule has 0 aliphatic rings. The van der Waals surface area contributed by atoms with Crippen LogP contribution in [0.1, 0.15) is 15.9 Å². The van der Waals surface area contributed by atoms with Crippen LogP contribution >= 0.6 is 0 Å². The van der Waals surface area contributed by atoms with Crippen LogP contribution in [0.4, 0.5) is 0 Å². The Kier molecular flexibility index (Phi) is 3.24. The highest BCUT2D eigenvalue weighted by atomic mass is 16.4. The number of hydrogen-bond acceptors (Lipinski definition) is 2. The standard InChI is InChI=1S/C15H12O3/c1-10-6-7-11-4-2-3-5-12(11)15(10)13(16)8-9-14(17)18/h2-9H,1H3,(H,17,18)/b9-8+. The van der Waals surface area contributed by atoms with Crippen molar-refractivity contribution < 1.29 is 14.7 Å². The van der Waals surface area contributed by atoms with Crippen molar-refractivity contribution >= 4 is 22.5 Å². The van der Waals surface area contributed by atoms with Crippen molar-refractivity contribution in [2.24, 2.45) is 0 Å². The second-order valence-corrected chi connectivity index (χ2v) is 4.01. The molecule has 0 amide bonds. The summed E-state index contributed by atoms with van der Waals surface area (Å²) in [5.74, 6) is -1.41. The van der Waals surface area contributed by atoms with Gasteiger partial charge < -0.3 is 5.11 Å². The number of allylic oxidation sites excluding steroid dienone is 1. The first-order chi connectivity index (χ1) is 8.59. The van der Waals surface area contributed by atoms with E-state index in [1.54, 1.807) is 0 Å². The summed E-state index contributed by atoms with van der Waals surface area (Å²) in [4.78, 5) is 22.5. The van der Waals surface area contributed by atoms with Gasteiger partial charge in [-0.25, -0.2) is 4.79 Å². The highest BCUT2D eigenvalue weighted by Crippen LogP contribution is 2.22. The monoisotopic (exact) mass is 240 g/mol. The van der Waals surface area contributed by atoms with Gasteiger partial charge in [-0.05, 0) is 29.3 Å². The lowest BCUT2D eigenvalue weighted by Crippen LogP contribution is -2.00. The summed E-state index contributed by atoms with van der Waals surface area (Å²) < 4.78 is 0. The highest BCUT2D eigenvalue weighted by Gasteiger charge is 2.10. The zero-order valence-electron chi connectivity index (χ0n) is 9.88. The quantitative estimate of drug-likeness (QED) is 0.662. The first-order valence-corrected chi connectivity index (χ1v) is 5.53. The van der Waals surface area contributed by atoms with Crippen LogP contribution in [0.2, 0.25) is 0 Å². The maximum atomic E-state index is 12.0. The van der Waals surface area contributed by atoms with E-state index in [2.05, 4.69) is 0 Å². The molecule has 0 heterocycles. The molecule has 2 rings (SSSR count). The van der Waals surface area contributed by atoms with Crippen molar-refractivity contribution in [3.63, 3.8) is 0 Å². The van der Waals surface area contributed by atoms with E-state index in [0.717, 1.165) is 28.5 Å². The summed E-state index contributed by atoms with van der Waals surface area (Å²) in [5, 5.41) is 10.4. The maximum absolute atomic E-state index is 12.0. The number of carboxylic acid groups (broad SMARTS) is 1. The smallest absolute Gasteiger partial charge is 0.328 e. The van der Waals surface area contributed by atoms with Crippen LogP contribution in [-0.2, 0) is 4.79 Å². The molecule has 0 radical (unpaired) electrons. The first-order valence-electron chi connectivity index (χ1n) is 5.53. The molecule has 0 fully saturated rings. The number of hydrogen-bond donors (Lipinski definition) is 1. The van der Waals surface area contributed by atoms with Gasteiger partial charge in [0, 0.05) is 11.6 Å². The molecule has 0 spiro atoms. The molecule has 1 N–H and O–H groups in total. The number of rotatable bonds is 3. The molecule has 90 valence electrons. The third-order valence-electron chi connectivity index (χ3n) is 2.76. The molecule has 3 nitrogen and oxygen atoms in total. The van der Waals surface area contributed by atoms with E-state index >= 15 is 0 Å². The number of fused-ring (bicyclic) bond motifs is 1. The lowest BCUT2D eigenvalue weighted by atomic mass is 9.96. The molecular formula is C15H12O3. The van der Waals surface area contributed by atoms with Gasteiger partial charge in [0.15, 0.2) is 5.78 Å². The molecule has 0 saturated heterocycles. The van der Waals surface area contributed by atoms with E-state index in [1.807, 2.05) is 43.3 Å². The van der Waals surface area contributed by atoms with Crippen LogP contribution in [0.15, 0.2) is 48.6 Å². The Morgan fingerprint density at radius 3 is 2.50 bits per heavy atom. The number of carboxylic acids is 1. The SMILES string of the molecule is Cc1ccc2ccccc2c1C(=O)/C=C/C(=O)O. The highest BCUT2D eigenvalue weighted by molar-refractivity contribution is 6.15. The number of aliphatic carboxylic acids is 1.